The monoisotopic (exact) mass is 551 g/mol. The van der Waals surface area contributed by atoms with Gasteiger partial charge in [0.1, 0.15) is 18.1 Å². The Kier molecular flexibility index (Phi) is 11.7. The zero-order valence-corrected chi connectivity index (χ0v) is 16.6. The molecular weight excluding hydrogens is 529 g/mol. The van der Waals surface area contributed by atoms with E-state index in [0.717, 1.165) is 0 Å². The number of amides is 3. The Bertz CT molecular complexity index is 555. The molecule has 3 atom stereocenters. The predicted molar refractivity (Wildman–Crippen MR) is 86.4 cm³/mol. The van der Waals surface area contributed by atoms with E-state index >= 15 is 0 Å². The Morgan fingerprint density at radius 3 is 0.893 bits per heavy atom. The van der Waals surface area contributed by atoms with E-state index < -0.39 is 36.0 Å². The number of carboxylic acids is 3. The standard InChI is InChI=1S/3C5H7NO3.Dy/c3*7-4-2-1-3(6-4)5(8)9;/h3*3H,1-2H2,(H,6,7)(H,8,9);. The number of rotatable bonds is 3. The van der Waals surface area contributed by atoms with Crippen molar-refractivity contribution in [2.45, 2.75) is 56.7 Å². The van der Waals surface area contributed by atoms with E-state index in [4.69, 9.17) is 15.3 Å². The van der Waals surface area contributed by atoms with Gasteiger partial charge in [-0.15, -0.1) is 0 Å². The van der Waals surface area contributed by atoms with E-state index in [0.29, 0.717) is 38.5 Å². The summed E-state index contributed by atoms with van der Waals surface area (Å²) in [6.45, 7) is 0. The van der Waals surface area contributed by atoms with Gasteiger partial charge >= 0.3 is 17.9 Å². The van der Waals surface area contributed by atoms with Crippen LogP contribution in [0.4, 0.5) is 0 Å². The van der Waals surface area contributed by atoms with Crippen molar-refractivity contribution in [1.29, 1.82) is 0 Å². The van der Waals surface area contributed by atoms with Gasteiger partial charge in [0.25, 0.3) is 0 Å². The SMILES string of the molecule is O=C1CCC(C(=O)O)N1.O=C1CCC(C(=O)O)N1.O=C1CCC(C(=O)O)N1.[Dy]. The van der Waals surface area contributed by atoms with Crippen molar-refractivity contribution < 1.29 is 82.3 Å². The third kappa shape index (κ3) is 9.34. The second-order valence-corrected chi connectivity index (χ2v) is 5.99. The minimum atomic E-state index is -0.944. The molecule has 3 aliphatic rings. The molecule has 0 radical (unpaired) electrons. The minimum Gasteiger partial charge on any atom is -0.480 e. The number of carbonyl (C=O) groups excluding carboxylic acids is 3. The van der Waals surface area contributed by atoms with Crippen LogP contribution in [0.1, 0.15) is 38.5 Å². The van der Waals surface area contributed by atoms with Gasteiger partial charge in [-0.1, -0.05) is 0 Å². The summed E-state index contributed by atoms with van der Waals surface area (Å²) < 4.78 is 0. The first-order valence-electron chi connectivity index (χ1n) is 8.16. The molecule has 160 valence electrons. The Labute approximate surface area is 189 Å². The molecule has 3 fully saturated rings. The van der Waals surface area contributed by atoms with Gasteiger partial charge in [-0.3, -0.25) is 14.4 Å². The van der Waals surface area contributed by atoms with Crippen molar-refractivity contribution >= 4 is 35.6 Å². The van der Waals surface area contributed by atoms with Gasteiger partial charge in [0.05, 0.1) is 0 Å². The molecule has 3 unspecified atom stereocenters. The molecule has 3 saturated heterocycles. The molecule has 0 aromatic heterocycles. The normalized spacial score (nSPS) is 24.9. The van der Waals surface area contributed by atoms with Gasteiger partial charge in [-0.05, 0) is 19.3 Å². The van der Waals surface area contributed by atoms with Crippen molar-refractivity contribution in [2.75, 3.05) is 0 Å². The van der Waals surface area contributed by atoms with Gasteiger partial charge in [-0.25, -0.2) is 14.4 Å². The van der Waals surface area contributed by atoms with Gasteiger partial charge in [0.15, 0.2) is 0 Å². The predicted octanol–water partition coefficient (Wildman–Crippen LogP) is -1.95. The van der Waals surface area contributed by atoms with Gasteiger partial charge in [-0.2, -0.15) is 0 Å². The van der Waals surface area contributed by atoms with Gasteiger partial charge < -0.3 is 31.3 Å². The molecule has 13 heteroatoms. The molecule has 12 nitrogen and oxygen atoms in total. The first kappa shape index (κ1) is 26.1. The third-order valence-corrected chi connectivity index (χ3v) is 3.88. The third-order valence-electron chi connectivity index (χ3n) is 3.88. The number of hydrogen-bond acceptors (Lipinski definition) is 6. The first-order chi connectivity index (χ1) is 12.6. The summed E-state index contributed by atoms with van der Waals surface area (Å²) in [6.07, 6.45) is 2.31. The maximum Gasteiger partial charge on any atom is 0.326 e. The van der Waals surface area contributed by atoms with Crippen molar-refractivity contribution in [3.05, 3.63) is 0 Å². The molecule has 3 amide bonds. The van der Waals surface area contributed by atoms with E-state index in [2.05, 4.69) is 16.0 Å². The fraction of sp³-hybridized carbons (Fsp3) is 0.600. The van der Waals surface area contributed by atoms with Crippen LogP contribution in [-0.2, 0) is 28.8 Å². The second-order valence-electron chi connectivity index (χ2n) is 5.99. The Hall–Kier alpha value is -1.91. The van der Waals surface area contributed by atoms with Crippen LogP contribution in [0.15, 0.2) is 0 Å². The van der Waals surface area contributed by atoms with Crippen LogP contribution in [0.2, 0.25) is 0 Å². The Morgan fingerprint density at radius 1 is 0.607 bits per heavy atom. The number of nitrogens with one attached hydrogen (secondary N) is 3. The van der Waals surface area contributed by atoms with E-state index in [1.165, 1.54) is 0 Å². The van der Waals surface area contributed by atoms with Crippen molar-refractivity contribution in [3.63, 3.8) is 0 Å². The molecule has 0 bridgehead atoms. The molecule has 0 aliphatic carbocycles. The van der Waals surface area contributed by atoms with Crippen LogP contribution >= 0.6 is 0 Å². The molecule has 6 N–H and O–H groups in total. The first-order valence-corrected chi connectivity index (χ1v) is 8.16. The molecule has 0 aromatic carbocycles. The maximum atomic E-state index is 10.4. The average Bonchev–Trinajstić information content (AvgIpc) is 3.30. The fourth-order valence-corrected chi connectivity index (χ4v) is 2.40. The quantitative estimate of drug-likeness (QED) is 0.231. The zero-order chi connectivity index (χ0) is 20.6. The smallest absolute Gasteiger partial charge is 0.326 e. The van der Waals surface area contributed by atoms with E-state index in [-0.39, 0.29) is 55.9 Å². The van der Waals surface area contributed by atoms with Gasteiger partial charge in [0, 0.05) is 57.4 Å². The van der Waals surface area contributed by atoms with Crippen LogP contribution in [-0.4, -0.2) is 69.1 Å². The maximum absolute atomic E-state index is 10.4. The Morgan fingerprint density at radius 2 is 0.821 bits per heavy atom. The molecular formula is C15H21DyN3O9. The topological polar surface area (TPSA) is 199 Å². The Balaban J connectivity index is 0.000000384. The van der Waals surface area contributed by atoms with Crippen LogP contribution in [0.25, 0.3) is 0 Å². The minimum absolute atomic E-state index is 0. The van der Waals surface area contributed by atoms with Crippen molar-refractivity contribution in [3.8, 4) is 0 Å². The summed E-state index contributed by atoms with van der Waals surface area (Å²) in [6, 6.07) is -1.92. The molecule has 0 saturated carbocycles. The van der Waals surface area contributed by atoms with Crippen LogP contribution < -0.4 is 16.0 Å². The molecule has 0 spiro atoms. The fourth-order valence-electron chi connectivity index (χ4n) is 2.40. The zero-order valence-electron chi connectivity index (χ0n) is 14.6. The number of aliphatic carboxylic acids is 3. The van der Waals surface area contributed by atoms with Gasteiger partial charge in [0.2, 0.25) is 17.7 Å². The van der Waals surface area contributed by atoms with Crippen LogP contribution in [0, 0.1) is 38.2 Å². The summed E-state index contributed by atoms with van der Waals surface area (Å²) in [4.78, 5) is 61.5. The van der Waals surface area contributed by atoms with E-state index in [9.17, 15) is 28.8 Å². The van der Waals surface area contributed by atoms with Crippen LogP contribution in [0.3, 0.4) is 0 Å². The summed E-state index contributed by atoms with van der Waals surface area (Å²) in [7, 11) is 0. The summed E-state index contributed by atoms with van der Waals surface area (Å²) >= 11 is 0. The molecule has 3 rings (SSSR count). The summed E-state index contributed by atoms with van der Waals surface area (Å²) in [5, 5.41) is 31.9. The largest absolute Gasteiger partial charge is 0.480 e. The molecule has 3 aliphatic heterocycles. The van der Waals surface area contributed by atoms with Crippen molar-refractivity contribution in [2.24, 2.45) is 0 Å². The van der Waals surface area contributed by atoms with E-state index in [1.807, 2.05) is 0 Å². The number of hydrogen-bond donors (Lipinski definition) is 6. The van der Waals surface area contributed by atoms with E-state index in [1.54, 1.807) is 0 Å². The summed E-state index contributed by atoms with van der Waals surface area (Å²) in [5.74, 6) is -3.32. The van der Waals surface area contributed by atoms with Crippen molar-refractivity contribution in [1.82, 2.24) is 16.0 Å². The molecule has 28 heavy (non-hydrogen) atoms. The number of carboxylic acid groups (broad SMARTS) is 3. The average molecular weight is 550 g/mol. The molecule has 3 heterocycles. The van der Waals surface area contributed by atoms with Crippen LogP contribution in [0.5, 0.6) is 0 Å². The number of carbonyl (C=O) groups is 6. The second kappa shape index (κ2) is 12.5. The summed E-state index contributed by atoms with van der Waals surface area (Å²) in [5.41, 5.74) is 0. The molecule has 0 aromatic rings.